The standard InChI is InChI=1S/C22H46O4S.K/c1-3-5-7-9-10-11-12-13-17-21(23)18-15-16-20-22(27(24,25)26)19-14-8-6-4-2;/h21-23H,3-20H2,1-2H3,(H,24,25,26);/q;+1/p-1. The van der Waals surface area contributed by atoms with Crippen LogP contribution >= 0.6 is 0 Å². The first kappa shape index (κ1) is 31.7. The van der Waals surface area contributed by atoms with Gasteiger partial charge in [0.25, 0.3) is 0 Å². The molecule has 0 aliphatic carbocycles. The average molecular weight is 445 g/mol. The molecule has 0 aliphatic heterocycles. The van der Waals surface area contributed by atoms with Crippen molar-refractivity contribution in [2.24, 2.45) is 0 Å². The minimum Gasteiger partial charge on any atom is -0.748 e. The molecule has 4 nitrogen and oxygen atoms in total. The summed E-state index contributed by atoms with van der Waals surface area (Å²) in [5, 5.41) is 9.33. The Morgan fingerprint density at radius 3 is 1.43 bits per heavy atom. The van der Waals surface area contributed by atoms with Crippen LogP contribution in [0.5, 0.6) is 0 Å². The van der Waals surface area contributed by atoms with Gasteiger partial charge in [0.1, 0.15) is 0 Å². The summed E-state index contributed by atoms with van der Waals surface area (Å²) >= 11 is 0. The zero-order valence-electron chi connectivity index (χ0n) is 19.0. The molecule has 1 N–H and O–H groups in total. The van der Waals surface area contributed by atoms with Crippen molar-refractivity contribution in [3.05, 3.63) is 0 Å². The topological polar surface area (TPSA) is 77.4 Å². The molecule has 0 aromatic rings. The predicted molar refractivity (Wildman–Crippen MR) is 114 cm³/mol. The molecule has 0 saturated heterocycles. The van der Waals surface area contributed by atoms with E-state index in [-0.39, 0.29) is 57.5 Å². The van der Waals surface area contributed by atoms with Crippen LogP contribution in [0.25, 0.3) is 0 Å². The van der Waals surface area contributed by atoms with Crippen LogP contribution in [-0.2, 0) is 10.1 Å². The Morgan fingerprint density at radius 1 is 0.643 bits per heavy atom. The van der Waals surface area contributed by atoms with E-state index < -0.39 is 15.4 Å². The van der Waals surface area contributed by atoms with Crippen molar-refractivity contribution in [1.29, 1.82) is 0 Å². The van der Waals surface area contributed by atoms with Crippen molar-refractivity contribution in [2.75, 3.05) is 0 Å². The van der Waals surface area contributed by atoms with Gasteiger partial charge in [0, 0.05) is 5.25 Å². The molecule has 2 atom stereocenters. The normalized spacial score (nSPS) is 13.9. The van der Waals surface area contributed by atoms with Gasteiger partial charge >= 0.3 is 51.4 Å². The van der Waals surface area contributed by atoms with Crippen LogP contribution < -0.4 is 51.4 Å². The molecule has 0 fully saturated rings. The smallest absolute Gasteiger partial charge is 0.748 e. The second-order valence-electron chi connectivity index (χ2n) is 8.17. The van der Waals surface area contributed by atoms with Crippen LogP contribution in [0.3, 0.4) is 0 Å². The zero-order chi connectivity index (χ0) is 20.4. The first-order valence-electron chi connectivity index (χ1n) is 11.5. The second kappa shape index (κ2) is 21.7. The Morgan fingerprint density at radius 2 is 0.964 bits per heavy atom. The van der Waals surface area contributed by atoms with Gasteiger partial charge in [0.05, 0.1) is 16.2 Å². The Hall–Kier alpha value is 1.51. The minimum absolute atomic E-state index is 0. The van der Waals surface area contributed by atoms with E-state index in [9.17, 15) is 18.1 Å². The van der Waals surface area contributed by atoms with Crippen LogP contribution in [0.1, 0.15) is 129 Å². The quantitative estimate of drug-likeness (QED) is 0.177. The summed E-state index contributed by atoms with van der Waals surface area (Å²) in [4.78, 5) is 0. The Labute approximate surface area is 218 Å². The summed E-state index contributed by atoms with van der Waals surface area (Å²) in [6.07, 6.45) is 17.9. The van der Waals surface area contributed by atoms with Crippen molar-refractivity contribution in [1.82, 2.24) is 0 Å². The molecule has 0 spiro atoms. The molecule has 164 valence electrons. The monoisotopic (exact) mass is 444 g/mol. The molecular weight excluding hydrogens is 399 g/mol. The van der Waals surface area contributed by atoms with Crippen LogP contribution in [-0.4, -0.2) is 29.4 Å². The third-order valence-corrected chi connectivity index (χ3v) is 6.78. The van der Waals surface area contributed by atoms with Crippen LogP contribution in [0, 0.1) is 0 Å². The summed E-state index contributed by atoms with van der Waals surface area (Å²) in [5.41, 5.74) is 0. The third kappa shape index (κ3) is 20.8. The fourth-order valence-electron chi connectivity index (χ4n) is 3.64. The molecule has 2 unspecified atom stereocenters. The largest absolute Gasteiger partial charge is 1.00 e. The summed E-state index contributed by atoms with van der Waals surface area (Å²) in [5.74, 6) is 0. The second-order valence-corrected chi connectivity index (χ2v) is 9.82. The number of unbranched alkanes of at least 4 members (excludes halogenated alkanes) is 11. The summed E-state index contributed by atoms with van der Waals surface area (Å²) in [6, 6.07) is 0. The molecule has 0 saturated carbocycles. The van der Waals surface area contributed by atoms with E-state index in [0.717, 1.165) is 51.4 Å². The van der Waals surface area contributed by atoms with Gasteiger partial charge in [-0.15, -0.1) is 0 Å². The van der Waals surface area contributed by atoms with E-state index in [2.05, 4.69) is 13.8 Å². The van der Waals surface area contributed by atoms with Gasteiger partial charge in [0.15, 0.2) is 0 Å². The number of hydrogen-bond acceptors (Lipinski definition) is 4. The average Bonchev–Trinajstić information content (AvgIpc) is 2.61. The van der Waals surface area contributed by atoms with E-state index in [0.29, 0.717) is 19.3 Å². The van der Waals surface area contributed by atoms with Gasteiger partial charge in [0.2, 0.25) is 0 Å². The van der Waals surface area contributed by atoms with Gasteiger partial charge in [-0.05, 0) is 25.7 Å². The van der Waals surface area contributed by atoms with Gasteiger partial charge in [-0.2, -0.15) is 0 Å². The van der Waals surface area contributed by atoms with Gasteiger partial charge in [-0.1, -0.05) is 104 Å². The first-order valence-corrected chi connectivity index (χ1v) is 13.0. The SMILES string of the molecule is CCCCCCCCCCC(O)CCCCC(CCCCCC)S(=O)(=O)[O-].[K+]. The number of rotatable bonds is 20. The van der Waals surface area contributed by atoms with E-state index in [1.165, 1.54) is 44.9 Å². The molecule has 6 heteroatoms. The van der Waals surface area contributed by atoms with Crippen molar-refractivity contribution >= 4 is 10.1 Å². The van der Waals surface area contributed by atoms with Gasteiger partial charge in [-0.25, -0.2) is 8.42 Å². The fraction of sp³-hybridized carbons (Fsp3) is 1.00. The maximum atomic E-state index is 11.4. The molecule has 0 radical (unpaired) electrons. The summed E-state index contributed by atoms with van der Waals surface area (Å²) in [7, 11) is -4.19. The van der Waals surface area contributed by atoms with Crippen LogP contribution in [0.2, 0.25) is 0 Å². The molecule has 0 aromatic carbocycles. The number of aliphatic hydroxyl groups excluding tert-OH is 1. The molecule has 0 aliphatic rings. The van der Waals surface area contributed by atoms with E-state index in [1.54, 1.807) is 0 Å². The molecule has 0 amide bonds. The van der Waals surface area contributed by atoms with Crippen LogP contribution in [0.4, 0.5) is 0 Å². The molecule has 28 heavy (non-hydrogen) atoms. The van der Waals surface area contributed by atoms with Gasteiger partial charge < -0.3 is 9.66 Å². The Balaban J connectivity index is 0. The van der Waals surface area contributed by atoms with Crippen molar-refractivity contribution < 1.29 is 69.5 Å². The fourth-order valence-corrected chi connectivity index (χ4v) is 4.55. The number of aliphatic hydroxyl groups is 1. The van der Waals surface area contributed by atoms with E-state index in [4.69, 9.17) is 0 Å². The maximum Gasteiger partial charge on any atom is 1.00 e. The predicted octanol–water partition coefficient (Wildman–Crippen LogP) is 3.33. The van der Waals surface area contributed by atoms with Crippen molar-refractivity contribution in [3.8, 4) is 0 Å². The Bertz CT molecular complexity index is 415. The summed E-state index contributed by atoms with van der Waals surface area (Å²) in [6.45, 7) is 4.34. The van der Waals surface area contributed by atoms with Crippen LogP contribution in [0.15, 0.2) is 0 Å². The maximum absolute atomic E-state index is 11.4. The van der Waals surface area contributed by atoms with Crippen molar-refractivity contribution in [3.63, 3.8) is 0 Å². The molecule has 0 rings (SSSR count). The summed E-state index contributed by atoms with van der Waals surface area (Å²) < 4.78 is 34.2. The van der Waals surface area contributed by atoms with E-state index in [1.807, 2.05) is 0 Å². The first-order chi connectivity index (χ1) is 12.9. The van der Waals surface area contributed by atoms with Crippen molar-refractivity contribution in [2.45, 2.75) is 141 Å². The zero-order valence-corrected chi connectivity index (χ0v) is 22.9. The Kier molecular flexibility index (Phi) is 24.6. The molecule has 0 aromatic heterocycles. The molecule has 0 bridgehead atoms. The van der Waals surface area contributed by atoms with Gasteiger partial charge in [-0.3, -0.25) is 0 Å². The molecule has 0 heterocycles. The van der Waals surface area contributed by atoms with E-state index >= 15 is 0 Å². The number of hydrogen-bond donors (Lipinski definition) is 1. The molecular formula is C22H45KO4S. The third-order valence-electron chi connectivity index (χ3n) is 5.49. The minimum atomic E-state index is -4.19.